The third-order valence-electron chi connectivity index (χ3n) is 3.61. The van der Waals surface area contributed by atoms with Gasteiger partial charge in [0.25, 0.3) is 0 Å². The lowest BCUT2D eigenvalue weighted by molar-refractivity contribution is -0.141. The molecule has 1 fully saturated rings. The molecule has 0 radical (unpaired) electrons. The molecule has 1 aliphatic heterocycles. The van der Waals surface area contributed by atoms with Gasteiger partial charge in [-0.05, 0) is 38.1 Å². The first-order valence-electron chi connectivity index (χ1n) is 6.56. The average Bonchev–Trinajstić information content (AvgIpc) is 2.47. The van der Waals surface area contributed by atoms with Crippen molar-refractivity contribution >= 4 is 21.7 Å². The molecule has 0 amide bonds. The van der Waals surface area contributed by atoms with Gasteiger partial charge in [-0.1, -0.05) is 0 Å². The van der Waals surface area contributed by atoms with Crippen LogP contribution in [-0.4, -0.2) is 39.6 Å². The fourth-order valence-corrected chi connectivity index (χ4v) is 3.17. The van der Waals surface area contributed by atoms with Gasteiger partial charge in [-0.2, -0.15) is 0 Å². The molecule has 6 nitrogen and oxygen atoms in total. The Morgan fingerprint density at radius 2 is 2.19 bits per heavy atom. The Morgan fingerprint density at radius 1 is 1.48 bits per heavy atom. The van der Waals surface area contributed by atoms with Crippen molar-refractivity contribution in [3.8, 4) is 0 Å². The molecule has 8 heteroatoms. The number of benzene rings is 1. The van der Waals surface area contributed by atoms with Gasteiger partial charge in [-0.15, -0.1) is 0 Å². The van der Waals surface area contributed by atoms with Crippen molar-refractivity contribution < 1.29 is 22.7 Å². The van der Waals surface area contributed by atoms with Crippen molar-refractivity contribution in [2.75, 3.05) is 25.0 Å². The SMILES string of the molecule is CNS(=O)(=O)c1ccc(N2CCCC(C(=O)O)C2)c(F)c1. The number of carboxylic acids is 1. The minimum absolute atomic E-state index is 0.155. The Hall–Kier alpha value is -1.67. The molecule has 1 aromatic carbocycles. The summed E-state index contributed by atoms with van der Waals surface area (Å²) in [4.78, 5) is 12.5. The smallest absolute Gasteiger partial charge is 0.308 e. The molecule has 1 unspecified atom stereocenters. The number of aliphatic carboxylic acids is 1. The Morgan fingerprint density at radius 3 is 2.76 bits per heavy atom. The molecule has 116 valence electrons. The number of hydrogen-bond donors (Lipinski definition) is 2. The minimum Gasteiger partial charge on any atom is -0.481 e. The highest BCUT2D eigenvalue weighted by molar-refractivity contribution is 7.89. The summed E-state index contributed by atoms with van der Waals surface area (Å²) in [6, 6.07) is 3.64. The first-order valence-corrected chi connectivity index (χ1v) is 8.04. The number of hydrogen-bond acceptors (Lipinski definition) is 4. The number of halogens is 1. The van der Waals surface area contributed by atoms with Gasteiger partial charge in [0.05, 0.1) is 16.5 Å². The van der Waals surface area contributed by atoms with E-state index in [0.717, 1.165) is 6.07 Å². The summed E-state index contributed by atoms with van der Waals surface area (Å²) in [5, 5.41) is 9.05. The lowest BCUT2D eigenvalue weighted by Gasteiger charge is -2.32. The second kappa shape index (κ2) is 5.98. The van der Waals surface area contributed by atoms with Crippen molar-refractivity contribution in [3.05, 3.63) is 24.0 Å². The van der Waals surface area contributed by atoms with Crippen molar-refractivity contribution in [2.24, 2.45) is 5.92 Å². The van der Waals surface area contributed by atoms with Crippen molar-refractivity contribution in [2.45, 2.75) is 17.7 Å². The molecule has 1 aliphatic rings. The molecule has 0 spiro atoms. The number of carboxylic acid groups (broad SMARTS) is 1. The molecule has 1 saturated heterocycles. The molecular formula is C13H17FN2O4S. The topological polar surface area (TPSA) is 86.7 Å². The number of nitrogens with one attached hydrogen (secondary N) is 1. The molecule has 0 saturated carbocycles. The normalized spacial score (nSPS) is 19.5. The summed E-state index contributed by atoms with van der Waals surface area (Å²) in [5.41, 5.74) is 0.232. The number of anilines is 1. The van der Waals surface area contributed by atoms with Gasteiger partial charge in [0.1, 0.15) is 5.82 Å². The van der Waals surface area contributed by atoms with E-state index >= 15 is 0 Å². The summed E-state index contributed by atoms with van der Waals surface area (Å²) in [6.07, 6.45) is 1.23. The van der Waals surface area contributed by atoms with Crippen LogP contribution in [0.25, 0.3) is 0 Å². The summed E-state index contributed by atoms with van der Waals surface area (Å²) < 4.78 is 39.5. The second-order valence-electron chi connectivity index (χ2n) is 4.94. The Bertz CT molecular complexity index is 648. The molecule has 1 aromatic rings. The molecule has 0 bridgehead atoms. The van der Waals surface area contributed by atoms with Crippen LogP contribution in [0.3, 0.4) is 0 Å². The van der Waals surface area contributed by atoms with Crippen LogP contribution in [0.5, 0.6) is 0 Å². The van der Waals surface area contributed by atoms with Crippen LogP contribution in [0.4, 0.5) is 10.1 Å². The maximum Gasteiger partial charge on any atom is 0.308 e. The molecule has 2 rings (SSSR count). The summed E-state index contributed by atoms with van der Waals surface area (Å²) in [7, 11) is -2.44. The fraction of sp³-hybridized carbons (Fsp3) is 0.462. The third kappa shape index (κ3) is 3.33. The van der Waals surface area contributed by atoms with Crippen LogP contribution in [-0.2, 0) is 14.8 Å². The van der Waals surface area contributed by atoms with Gasteiger partial charge < -0.3 is 10.0 Å². The van der Waals surface area contributed by atoms with E-state index in [0.29, 0.717) is 19.4 Å². The maximum atomic E-state index is 14.1. The molecule has 2 N–H and O–H groups in total. The number of carbonyl (C=O) groups is 1. The Kier molecular flexibility index (Phi) is 4.48. The van der Waals surface area contributed by atoms with E-state index in [4.69, 9.17) is 5.11 Å². The van der Waals surface area contributed by atoms with Crippen LogP contribution < -0.4 is 9.62 Å². The quantitative estimate of drug-likeness (QED) is 0.866. The van der Waals surface area contributed by atoms with Crippen LogP contribution in [0.2, 0.25) is 0 Å². The molecular weight excluding hydrogens is 299 g/mol. The van der Waals surface area contributed by atoms with Gasteiger partial charge in [0.2, 0.25) is 10.0 Å². The molecule has 21 heavy (non-hydrogen) atoms. The zero-order chi connectivity index (χ0) is 15.6. The van der Waals surface area contributed by atoms with E-state index in [1.54, 1.807) is 4.90 Å². The largest absolute Gasteiger partial charge is 0.481 e. The van der Waals surface area contributed by atoms with E-state index in [-0.39, 0.29) is 17.1 Å². The van der Waals surface area contributed by atoms with Crippen molar-refractivity contribution in [1.29, 1.82) is 0 Å². The molecule has 1 atom stereocenters. The van der Waals surface area contributed by atoms with Crippen molar-refractivity contribution in [1.82, 2.24) is 4.72 Å². The van der Waals surface area contributed by atoms with Gasteiger partial charge in [0.15, 0.2) is 0 Å². The lowest BCUT2D eigenvalue weighted by Crippen LogP contribution is -2.39. The molecule has 1 heterocycles. The zero-order valence-electron chi connectivity index (χ0n) is 11.5. The third-order valence-corrected chi connectivity index (χ3v) is 5.02. The van der Waals surface area contributed by atoms with Gasteiger partial charge in [-0.3, -0.25) is 4.79 Å². The average molecular weight is 316 g/mol. The van der Waals surface area contributed by atoms with Gasteiger partial charge in [-0.25, -0.2) is 17.5 Å². The summed E-state index contributed by atoms with van der Waals surface area (Å²) in [6.45, 7) is 0.781. The summed E-state index contributed by atoms with van der Waals surface area (Å²) >= 11 is 0. The van der Waals surface area contributed by atoms with E-state index in [1.165, 1.54) is 19.2 Å². The predicted octanol–water partition coefficient (Wildman–Crippen LogP) is 1.03. The van der Waals surface area contributed by atoms with Crippen molar-refractivity contribution in [3.63, 3.8) is 0 Å². The maximum absolute atomic E-state index is 14.1. The van der Waals surface area contributed by atoms with Gasteiger partial charge >= 0.3 is 5.97 Å². The zero-order valence-corrected chi connectivity index (χ0v) is 12.4. The predicted molar refractivity (Wildman–Crippen MR) is 75.2 cm³/mol. The van der Waals surface area contributed by atoms with Crippen LogP contribution >= 0.6 is 0 Å². The number of rotatable bonds is 4. The fourth-order valence-electron chi connectivity index (χ4n) is 2.43. The Balaban J connectivity index is 2.27. The number of nitrogens with zero attached hydrogens (tertiary/aromatic N) is 1. The highest BCUT2D eigenvalue weighted by atomic mass is 32.2. The number of piperidine rings is 1. The first kappa shape index (κ1) is 15.7. The lowest BCUT2D eigenvalue weighted by atomic mass is 9.98. The van der Waals surface area contributed by atoms with Crippen LogP contribution in [0.15, 0.2) is 23.1 Å². The standard InChI is InChI=1S/C13H17FN2O4S/c1-15-21(19,20)10-4-5-12(11(14)7-10)16-6-2-3-9(8-16)13(17)18/h4-5,7,9,15H,2-3,6,8H2,1H3,(H,17,18). The first-order chi connectivity index (χ1) is 9.85. The Labute approximate surface area is 122 Å². The van der Waals surface area contributed by atoms with E-state index in [9.17, 15) is 17.6 Å². The van der Waals surface area contributed by atoms with E-state index < -0.39 is 27.7 Å². The minimum atomic E-state index is -3.70. The number of sulfonamides is 1. The van der Waals surface area contributed by atoms with Gasteiger partial charge in [0, 0.05) is 13.1 Å². The molecule has 0 aliphatic carbocycles. The van der Waals surface area contributed by atoms with E-state index in [1.807, 2.05) is 0 Å². The molecule has 0 aromatic heterocycles. The monoisotopic (exact) mass is 316 g/mol. The van der Waals surface area contributed by atoms with E-state index in [2.05, 4.69) is 4.72 Å². The second-order valence-corrected chi connectivity index (χ2v) is 6.83. The highest BCUT2D eigenvalue weighted by Crippen LogP contribution is 2.27. The highest BCUT2D eigenvalue weighted by Gasteiger charge is 2.27. The summed E-state index contributed by atoms with van der Waals surface area (Å²) in [5.74, 6) is -2.09. The van der Waals surface area contributed by atoms with Crippen LogP contribution in [0.1, 0.15) is 12.8 Å². The van der Waals surface area contributed by atoms with Crippen LogP contribution in [0, 0.1) is 11.7 Å².